The third-order valence-corrected chi connectivity index (χ3v) is 4.91. The molecule has 1 aromatic rings. The summed E-state index contributed by atoms with van der Waals surface area (Å²) in [7, 11) is 0. The van der Waals surface area contributed by atoms with E-state index in [-0.39, 0.29) is 24.5 Å². The van der Waals surface area contributed by atoms with Gasteiger partial charge in [-0.1, -0.05) is 12.1 Å². The summed E-state index contributed by atoms with van der Waals surface area (Å²) in [5.41, 5.74) is 1.37. The molecule has 2 amide bonds. The SMILES string of the molecule is CC(C)(C)OC(=O)N1CCN(c2ccccc2N2CC(CO)CC2=O)CC1. The van der Waals surface area contributed by atoms with Gasteiger partial charge in [-0.3, -0.25) is 4.79 Å². The van der Waals surface area contributed by atoms with Gasteiger partial charge in [0.2, 0.25) is 5.91 Å². The second kappa shape index (κ2) is 7.76. The summed E-state index contributed by atoms with van der Waals surface area (Å²) in [6.45, 7) is 8.69. The number of aliphatic hydroxyl groups is 1. The van der Waals surface area contributed by atoms with Gasteiger partial charge in [0, 0.05) is 51.7 Å². The topological polar surface area (TPSA) is 73.3 Å². The van der Waals surface area contributed by atoms with Crippen molar-refractivity contribution in [3.05, 3.63) is 24.3 Å². The van der Waals surface area contributed by atoms with E-state index in [1.807, 2.05) is 45.0 Å². The number of hydrogen-bond donors (Lipinski definition) is 1. The summed E-state index contributed by atoms with van der Waals surface area (Å²) in [4.78, 5) is 30.3. The predicted molar refractivity (Wildman–Crippen MR) is 104 cm³/mol. The van der Waals surface area contributed by atoms with Gasteiger partial charge in [-0.15, -0.1) is 0 Å². The maximum absolute atomic E-state index is 12.4. The fourth-order valence-electron chi connectivity index (χ4n) is 3.55. The van der Waals surface area contributed by atoms with Crippen molar-refractivity contribution in [2.24, 2.45) is 5.92 Å². The van der Waals surface area contributed by atoms with Crippen LogP contribution in [0.15, 0.2) is 24.3 Å². The molecule has 27 heavy (non-hydrogen) atoms. The number of carbonyl (C=O) groups excluding carboxylic acids is 2. The maximum atomic E-state index is 12.4. The first-order valence-electron chi connectivity index (χ1n) is 9.51. The van der Waals surface area contributed by atoms with Gasteiger partial charge < -0.3 is 24.5 Å². The second-order valence-electron chi connectivity index (χ2n) is 8.20. The molecule has 0 aliphatic carbocycles. The van der Waals surface area contributed by atoms with Crippen LogP contribution in [0.4, 0.5) is 16.2 Å². The number of ether oxygens (including phenoxy) is 1. The summed E-state index contributed by atoms with van der Waals surface area (Å²) in [6.07, 6.45) is 0.105. The van der Waals surface area contributed by atoms with Crippen LogP contribution in [0.2, 0.25) is 0 Å². The zero-order valence-corrected chi connectivity index (χ0v) is 16.4. The van der Waals surface area contributed by atoms with Crippen molar-refractivity contribution in [3.63, 3.8) is 0 Å². The average molecular weight is 375 g/mol. The Morgan fingerprint density at radius 3 is 2.33 bits per heavy atom. The Labute approximate surface area is 160 Å². The minimum absolute atomic E-state index is 0.00503. The van der Waals surface area contributed by atoms with Gasteiger partial charge in [0.1, 0.15) is 5.60 Å². The van der Waals surface area contributed by atoms with E-state index in [0.29, 0.717) is 39.1 Å². The Morgan fingerprint density at radius 2 is 1.78 bits per heavy atom. The van der Waals surface area contributed by atoms with Crippen LogP contribution in [-0.2, 0) is 9.53 Å². The van der Waals surface area contributed by atoms with Crippen molar-refractivity contribution in [1.29, 1.82) is 0 Å². The molecule has 2 aliphatic heterocycles. The van der Waals surface area contributed by atoms with E-state index in [1.165, 1.54) is 0 Å². The van der Waals surface area contributed by atoms with Crippen molar-refractivity contribution in [3.8, 4) is 0 Å². The number of nitrogens with zero attached hydrogens (tertiary/aromatic N) is 3. The molecule has 148 valence electrons. The lowest BCUT2D eigenvalue weighted by Gasteiger charge is -2.38. The molecule has 0 saturated carbocycles. The summed E-state index contributed by atoms with van der Waals surface area (Å²) >= 11 is 0. The third-order valence-electron chi connectivity index (χ3n) is 4.91. The summed E-state index contributed by atoms with van der Waals surface area (Å²) in [5.74, 6) is 0.0449. The van der Waals surface area contributed by atoms with Crippen molar-refractivity contribution in [2.75, 3.05) is 49.1 Å². The highest BCUT2D eigenvalue weighted by atomic mass is 16.6. The molecule has 1 unspecified atom stereocenters. The molecule has 0 bridgehead atoms. The van der Waals surface area contributed by atoms with E-state index < -0.39 is 5.60 Å². The Hall–Kier alpha value is -2.28. The first-order chi connectivity index (χ1) is 12.8. The summed E-state index contributed by atoms with van der Waals surface area (Å²) in [5, 5.41) is 9.39. The predicted octanol–water partition coefficient (Wildman–Crippen LogP) is 2.09. The number of amides is 2. The van der Waals surface area contributed by atoms with Crippen molar-refractivity contribution < 1.29 is 19.4 Å². The van der Waals surface area contributed by atoms with Crippen LogP contribution in [0.1, 0.15) is 27.2 Å². The lowest BCUT2D eigenvalue weighted by molar-refractivity contribution is -0.117. The quantitative estimate of drug-likeness (QED) is 0.876. The first kappa shape index (κ1) is 19.5. The van der Waals surface area contributed by atoms with Crippen LogP contribution in [0.5, 0.6) is 0 Å². The average Bonchev–Trinajstić information content (AvgIpc) is 3.01. The molecule has 7 heteroatoms. The molecule has 1 atom stereocenters. The molecular weight excluding hydrogens is 346 g/mol. The van der Waals surface area contributed by atoms with Crippen LogP contribution in [0.25, 0.3) is 0 Å². The molecule has 2 aliphatic rings. The smallest absolute Gasteiger partial charge is 0.410 e. The van der Waals surface area contributed by atoms with Crippen molar-refractivity contribution in [1.82, 2.24) is 4.90 Å². The largest absolute Gasteiger partial charge is 0.444 e. The van der Waals surface area contributed by atoms with Gasteiger partial charge in [0.15, 0.2) is 0 Å². The number of carbonyl (C=O) groups is 2. The van der Waals surface area contributed by atoms with E-state index in [9.17, 15) is 14.7 Å². The Morgan fingerprint density at radius 1 is 1.15 bits per heavy atom. The number of piperazine rings is 1. The maximum Gasteiger partial charge on any atom is 0.410 e. The highest BCUT2D eigenvalue weighted by molar-refractivity contribution is 5.99. The zero-order valence-electron chi connectivity index (χ0n) is 16.4. The van der Waals surface area contributed by atoms with E-state index in [2.05, 4.69) is 4.90 Å². The van der Waals surface area contributed by atoms with Crippen LogP contribution in [0.3, 0.4) is 0 Å². The number of para-hydroxylation sites is 2. The minimum Gasteiger partial charge on any atom is -0.444 e. The molecule has 1 N–H and O–H groups in total. The van der Waals surface area contributed by atoms with Crippen LogP contribution >= 0.6 is 0 Å². The number of hydrogen-bond acceptors (Lipinski definition) is 5. The molecular formula is C20H29N3O4. The first-order valence-corrected chi connectivity index (χ1v) is 9.51. The molecule has 1 aromatic carbocycles. The number of aliphatic hydroxyl groups excluding tert-OH is 1. The zero-order chi connectivity index (χ0) is 19.6. The molecule has 3 rings (SSSR count). The van der Waals surface area contributed by atoms with Gasteiger partial charge in [-0.2, -0.15) is 0 Å². The summed E-state index contributed by atoms with van der Waals surface area (Å²) < 4.78 is 5.45. The normalized spacial score (nSPS) is 21.0. The highest BCUT2D eigenvalue weighted by Crippen LogP contribution is 2.34. The fourth-order valence-corrected chi connectivity index (χ4v) is 3.55. The fraction of sp³-hybridized carbons (Fsp3) is 0.600. The van der Waals surface area contributed by atoms with Gasteiger partial charge >= 0.3 is 6.09 Å². The Bertz CT molecular complexity index is 693. The monoisotopic (exact) mass is 375 g/mol. The lowest BCUT2D eigenvalue weighted by atomic mass is 10.1. The molecule has 2 heterocycles. The number of rotatable bonds is 3. The number of benzene rings is 1. The lowest BCUT2D eigenvalue weighted by Crippen LogP contribution is -2.50. The van der Waals surface area contributed by atoms with E-state index in [0.717, 1.165) is 11.4 Å². The van der Waals surface area contributed by atoms with Gasteiger partial charge in [-0.25, -0.2) is 4.79 Å². The van der Waals surface area contributed by atoms with Gasteiger partial charge in [0.05, 0.1) is 11.4 Å². The minimum atomic E-state index is -0.500. The van der Waals surface area contributed by atoms with Gasteiger partial charge in [0.25, 0.3) is 0 Å². The van der Waals surface area contributed by atoms with E-state index >= 15 is 0 Å². The molecule has 7 nitrogen and oxygen atoms in total. The second-order valence-corrected chi connectivity index (χ2v) is 8.20. The molecule has 0 radical (unpaired) electrons. The Balaban J connectivity index is 1.69. The van der Waals surface area contributed by atoms with E-state index in [4.69, 9.17) is 4.74 Å². The van der Waals surface area contributed by atoms with E-state index in [1.54, 1.807) is 9.80 Å². The van der Waals surface area contributed by atoms with Crippen molar-refractivity contribution >= 4 is 23.4 Å². The Kier molecular flexibility index (Phi) is 5.60. The molecule has 2 fully saturated rings. The molecule has 0 spiro atoms. The third kappa shape index (κ3) is 4.53. The molecule has 0 aromatic heterocycles. The standard InChI is InChI=1S/C20H29N3O4/c1-20(2,3)27-19(26)22-10-8-21(9-11-22)16-6-4-5-7-17(16)23-13-15(14-24)12-18(23)25/h4-7,15,24H,8-14H2,1-3H3. The van der Waals surface area contributed by atoms with Crippen molar-refractivity contribution in [2.45, 2.75) is 32.8 Å². The highest BCUT2D eigenvalue weighted by Gasteiger charge is 2.33. The number of anilines is 2. The molecule has 2 saturated heterocycles. The van der Waals surface area contributed by atoms with Gasteiger partial charge in [-0.05, 0) is 32.9 Å². The van der Waals surface area contributed by atoms with Crippen LogP contribution < -0.4 is 9.80 Å². The summed E-state index contributed by atoms with van der Waals surface area (Å²) in [6, 6.07) is 7.85. The van der Waals surface area contributed by atoms with Crippen LogP contribution in [0, 0.1) is 5.92 Å². The van der Waals surface area contributed by atoms with Crippen LogP contribution in [-0.4, -0.2) is 66.9 Å².